The number of fused-ring (bicyclic) bond motifs is 1. The van der Waals surface area contributed by atoms with Crippen LogP contribution < -0.4 is 15.0 Å². The van der Waals surface area contributed by atoms with Gasteiger partial charge in [-0.05, 0) is 48.9 Å². The number of benzene rings is 3. The van der Waals surface area contributed by atoms with E-state index in [0.29, 0.717) is 45.7 Å². The Morgan fingerprint density at radius 2 is 1.88 bits per heavy atom. The number of sulfonamides is 1. The summed E-state index contributed by atoms with van der Waals surface area (Å²) in [6.45, 7) is 2.56. The van der Waals surface area contributed by atoms with Crippen LogP contribution in [0.15, 0.2) is 76.0 Å². The van der Waals surface area contributed by atoms with Crippen LogP contribution in [0.5, 0.6) is 5.75 Å². The molecule has 1 N–H and O–H groups in total. The van der Waals surface area contributed by atoms with Crippen molar-refractivity contribution in [2.24, 2.45) is 4.40 Å². The summed E-state index contributed by atoms with van der Waals surface area (Å²) in [5.41, 5.74) is 1.76. The fourth-order valence-corrected chi connectivity index (χ4v) is 5.08. The van der Waals surface area contributed by atoms with Crippen molar-refractivity contribution in [3.63, 3.8) is 0 Å². The number of ether oxygens (including phenoxy) is 1. The number of halogens is 1. The zero-order valence-electron chi connectivity index (χ0n) is 18.1. The third kappa shape index (κ3) is 4.58. The zero-order valence-corrected chi connectivity index (χ0v) is 19.7. The van der Waals surface area contributed by atoms with Crippen LogP contribution in [-0.2, 0) is 10.0 Å². The lowest BCUT2D eigenvalue weighted by molar-refractivity contribution is 0.102. The molecular formula is C24H22ClN3O4S. The molecular weight excluding hydrogens is 462 g/mol. The third-order valence-electron chi connectivity index (χ3n) is 5.14. The van der Waals surface area contributed by atoms with Crippen LogP contribution in [0.1, 0.15) is 29.3 Å². The molecule has 4 rings (SSSR count). The smallest absolute Gasteiger partial charge is 0.286 e. The standard InChI is InChI=1S/C24H22ClN3O4S/c1-3-13-28-21-12-11-17(26-24(29)19-9-4-5-10-20(19)25)15-22(21)33(30,31)27-23(28)16-7-6-8-18(14-16)32-2/h4-12,14-15H,3,13H2,1-2H3,(H,26,29). The maximum Gasteiger partial charge on any atom is 0.286 e. The molecule has 0 saturated heterocycles. The van der Waals surface area contributed by atoms with Crippen molar-refractivity contribution < 1.29 is 17.9 Å². The summed E-state index contributed by atoms with van der Waals surface area (Å²) in [5, 5.41) is 3.03. The molecule has 170 valence electrons. The molecule has 0 unspecified atom stereocenters. The molecule has 0 radical (unpaired) electrons. The van der Waals surface area contributed by atoms with Crippen molar-refractivity contribution in [1.29, 1.82) is 0 Å². The van der Waals surface area contributed by atoms with Gasteiger partial charge in [-0.15, -0.1) is 4.40 Å². The summed E-state index contributed by atoms with van der Waals surface area (Å²) >= 11 is 6.11. The average Bonchev–Trinajstić information content (AvgIpc) is 2.81. The van der Waals surface area contributed by atoms with Gasteiger partial charge in [0.05, 0.1) is 23.4 Å². The second-order valence-corrected chi connectivity index (χ2v) is 9.37. The van der Waals surface area contributed by atoms with E-state index in [1.165, 1.54) is 6.07 Å². The summed E-state index contributed by atoms with van der Waals surface area (Å²) in [6.07, 6.45) is 0.771. The number of nitrogens with one attached hydrogen (secondary N) is 1. The number of nitrogens with zero attached hydrogens (tertiary/aromatic N) is 2. The number of hydrogen-bond acceptors (Lipinski definition) is 5. The highest BCUT2D eigenvalue weighted by atomic mass is 35.5. The minimum Gasteiger partial charge on any atom is -0.497 e. The first kappa shape index (κ1) is 22.8. The molecule has 0 aromatic heterocycles. The van der Waals surface area contributed by atoms with E-state index in [4.69, 9.17) is 16.3 Å². The van der Waals surface area contributed by atoms with Crippen molar-refractivity contribution in [2.45, 2.75) is 18.2 Å². The van der Waals surface area contributed by atoms with Crippen LogP contribution in [0.25, 0.3) is 0 Å². The van der Waals surface area contributed by atoms with E-state index >= 15 is 0 Å². The second kappa shape index (κ2) is 9.25. The van der Waals surface area contributed by atoms with E-state index in [1.54, 1.807) is 67.8 Å². The van der Waals surface area contributed by atoms with Gasteiger partial charge in [-0.1, -0.05) is 42.8 Å². The zero-order chi connectivity index (χ0) is 23.6. The van der Waals surface area contributed by atoms with Gasteiger partial charge in [-0.3, -0.25) is 4.79 Å². The number of hydrogen-bond donors (Lipinski definition) is 1. The highest BCUT2D eigenvalue weighted by Crippen LogP contribution is 2.36. The SMILES string of the molecule is CCCN1C(c2cccc(OC)c2)=NS(=O)(=O)c2cc(NC(=O)c3ccccc3Cl)ccc21. The van der Waals surface area contributed by atoms with Crippen LogP contribution in [0.2, 0.25) is 5.02 Å². The van der Waals surface area contributed by atoms with E-state index in [2.05, 4.69) is 9.71 Å². The van der Waals surface area contributed by atoms with Gasteiger partial charge in [0.15, 0.2) is 5.84 Å². The lowest BCUT2D eigenvalue weighted by Crippen LogP contribution is -2.37. The van der Waals surface area contributed by atoms with E-state index < -0.39 is 15.9 Å². The number of amidine groups is 1. The summed E-state index contributed by atoms with van der Waals surface area (Å²) in [6, 6.07) is 18.5. The van der Waals surface area contributed by atoms with Crippen molar-refractivity contribution >= 4 is 44.7 Å². The molecule has 0 aliphatic carbocycles. The third-order valence-corrected chi connectivity index (χ3v) is 6.77. The highest BCUT2D eigenvalue weighted by molar-refractivity contribution is 7.90. The monoisotopic (exact) mass is 483 g/mol. The van der Waals surface area contributed by atoms with Gasteiger partial charge in [0, 0.05) is 17.8 Å². The number of anilines is 2. The number of amides is 1. The van der Waals surface area contributed by atoms with E-state index in [0.717, 1.165) is 6.42 Å². The summed E-state index contributed by atoms with van der Waals surface area (Å²) < 4.78 is 35.7. The van der Waals surface area contributed by atoms with Crippen LogP contribution in [0.4, 0.5) is 11.4 Å². The molecule has 1 amide bonds. The average molecular weight is 484 g/mol. The largest absolute Gasteiger partial charge is 0.497 e. The van der Waals surface area contributed by atoms with E-state index in [1.807, 2.05) is 11.8 Å². The molecule has 0 bridgehead atoms. The predicted octanol–water partition coefficient (Wildman–Crippen LogP) is 4.97. The normalized spacial score (nSPS) is 14.3. The first-order valence-electron chi connectivity index (χ1n) is 10.3. The minimum atomic E-state index is -4.01. The van der Waals surface area contributed by atoms with Gasteiger partial charge in [-0.2, -0.15) is 8.42 Å². The Hall–Kier alpha value is -3.36. The fourth-order valence-electron chi connectivity index (χ4n) is 3.61. The maximum absolute atomic E-state index is 13.1. The van der Waals surface area contributed by atoms with Gasteiger partial charge in [0.2, 0.25) is 0 Å². The molecule has 0 fully saturated rings. The van der Waals surface area contributed by atoms with Crippen molar-refractivity contribution in [3.8, 4) is 5.75 Å². The Balaban J connectivity index is 1.74. The minimum absolute atomic E-state index is 0.0274. The Bertz CT molecular complexity index is 1360. The second-order valence-electron chi connectivity index (χ2n) is 7.39. The predicted molar refractivity (Wildman–Crippen MR) is 130 cm³/mol. The van der Waals surface area contributed by atoms with Crippen molar-refractivity contribution in [2.75, 3.05) is 23.9 Å². The molecule has 1 heterocycles. The van der Waals surface area contributed by atoms with Crippen LogP contribution in [0, 0.1) is 0 Å². The maximum atomic E-state index is 13.1. The lowest BCUT2D eigenvalue weighted by Gasteiger charge is -2.31. The topological polar surface area (TPSA) is 88.1 Å². The lowest BCUT2D eigenvalue weighted by atomic mass is 10.1. The number of carbonyl (C=O) groups is 1. The molecule has 33 heavy (non-hydrogen) atoms. The Kier molecular flexibility index (Phi) is 6.40. The van der Waals surface area contributed by atoms with Gasteiger partial charge < -0.3 is 15.0 Å². The van der Waals surface area contributed by atoms with Crippen LogP contribution >= 0.6 is 11.6 Å². The van der Waals surface area contributed by atoms with Crippen molar-refractivity contribution in [3.05, 3.63) is 82.9 Å². The summed E-state index contributed by atoms with van der Waals surface area (Å²) in [4.78, 5) is 14.5. The molecule has 9 heteroatoms. The van der Waals surface area contributed by atoms with E-state index in [-0.39, 0.29) is 4.90 Å². The molecule has 0 atom stereocenters. The Morgan fingerprint density at radius 1 is 1.09 bits per heavy atom. The van der Waals surface area contributed by atoms with Gasteiger partial charge in [-0.25, -0.2) is 0 Å². The van der Waals surface area contributed by atoms with Crippen LogP contribution in [0.3, 0.4) is 0 Å². The molecule has 1 aliphatic heterocycles. The molecule has 0 spiro atoms. The van der Waals surface area contributed by atoms with Gasteiger partial charge in [0.25, 0.3) is 15.9 Å². The summed E-state index contributed by atoms with van der Waals surface area (Å²) in [7, 11) is -2.46. The van der Waals surface area contributed by atoms with Gasteiger partial charge >= 0.3 is 0 Å². The molecule has 3 aromatic carbocycles. The van der Waals surface area contributed by atoms with Gasteiger partial charge in [0.1, 0.15) is 10.6 Å². The fraction of sp³-hybridized carbons (Fsp3) is 0.167. The van der Waals surface area contributed by atoms with E-state index in [9.17, 15) is 13.2 Å². The summed E-state index contributed by atoms with van der Waals surface area (Å²) in [5.74, 6) is 0.503. The molecule has 1 aliphatic rings. The number of methoxy groups -OCH3 is 1. The quantitative estimate of drug-likeness (QED) is 0.535. The Morgan fingerprint density at radius 3 is 2.61 bits per heavy atom. The first-order chi connectivity index (χ1) is 15.8. The number of carbonyl (C=O) groups excluding carboxylic acids is 1. The Labute approximate surface area is 197 Å². The van der Waals surface area contributed by atoms with Crippen molar-refractivity contribution in [1.82, 2.24) is 0 Å². The number of rotatable bonds is 6. The molecule has 0 saturated carbocycles. The highest BCUT2D eigenvalue weighted by Gasteiger charge is 2.32. The van der Waals surface area contributed by atoms with Crippen LogP contribution in [-0.4, -0.2) is 33.8 Å². The molecule has 7 nitrogen and oxygen atoms in total. The first-order valence-corrected chi connectivity index (χ1v) is 12.1. The molecule has 3 aromatic rings.